The molecule has 2 heterocycles. The number of anilines is 3. The Morgan fingerprint density at radius 3 is 2.57 bits per heavy atom. The zero-order chi connectivity index (χ0) is 25.8. The zero-order valence-corrected chi connectivity index (χ0v) is 21.0. The fraction of sp³-hybridized carbons (Fsp3) is 0.407. The highest BCUT2D eigenvalue weighted by atomic mass is 19.1. The van der Waals surface area contributed by atoms with Gasteiger partial charge in [0.25, 0.3) is 0 Å². The first-order valence-electron chi connectivity index (χ1n) is 11.7. The molecule has 0 aliphatic carbocycles. The van der Waals surface area contributed by atoms with Gasteiger partial charge in [-0.05, 0) is 62.9 Å². The summed E-state index contributed by atoms with van der Waals surface area (Å²) in [4.78, 5) is 21.1. The molecule has 7 nitrogen and oxygen atoms in total. The molecule has 0 saturated carbocycles. The van der Waals surface area contributed by atoms with Gasteiger partial charge in [-0.2, -0.15) is 5.26 Å². The van der Waals surface area contributed by atoms with Crippen molar-refractivity contribution in [3.05, 3.63) is 54.0 Å². The number of ether oxygens (including phenoxy) is 1. The largest absolute Gasteiger partial charge is 0.460 e. The number of carbonyl (C=O) groups excluding carboxylic acids is 1. The van der Waals surface area contributed by atoms with Gasteiger partial charge in [-0.15, -0.1) is 0 Å². The van der Waals surface area contributed by atoms with Gasteiger partial charge < -0.3 is 15.4 Å². The second-order valence-electron chi connectivity index (χ2n) is 10.0. The second-order valence-corrected chi connectivity index (χ2v) is 10.0. The molecule has 2 aromatic heterocycles. The highest BCUT2D eigenvalue weighted by Gasteiger charge is 2.27. The van der Waals surface area contributed by atoms with Crippen LogP contribution in [0.4, 0.5) is 21.7 Å². The number of pyridine rings is 2. The van der Waals surface area contributed by atoms with Gasteiger partial charge >= 0.3 is 5.97 Å². The normalized spacial score (nSPS) is 13.2. The Balaban J connectivity index is 1.85. The monoisotopic (exact) mass is 477 g/mol. The summed E-state index contributed by atoms with van der Waals surface area (Å²) in [5.74, 6) is -0.755. The van der Waals surface area contributed by atoms with Crippen LogP contribution in [0.2, 0.25) is 0 Å². The predicted octanol–water partition coefficient (Wildman–Crippen LogP) is 6.19. The molecule has 35 heavy (non-hydrogen) atoms. The molecule has 3 rings (SSSR count). The van der Waals surface area contributed by atoms with Crippen molar-refractivity contribution in [2.24, 2.45) is 11.8 Å². The quantitative estimate of drug-likeness (QED) is 0.373. The van der Waals surface area contributed by atoms with E-state index in [1.165, 1.54) is 0 Å². The fourth-order valence-corrected chi connectivity index (χ4v) is 3.96. The molecule has 0 aliphatic rings. The van der Waals surface area contributed by atoms with Crippen LogP contribution < -0.4 is 10.6 Å². The van der Waals surface area contributed by atoms with E-state index in [0.29, 0.717) is 5.69 Å². The molecule has 0 radical (unpaired) electrons. The predicted molar refractivity (Wildman–Crippen MR) is 136 cm³/mol. The molecule has 2 N–H and O–H groups in total. The van der Waals surface area contributed by atoms with Gasteiger partial charge in [-0.3, -0.25) is 9.78 Å². The summed E-state index contributed by atoms with van der Waals surface area (Å²) in [5.41, 5.74) is 1.05. The lowest BCUT2D eigenvalue weighted by atomic mass is 9.89. The molecule has 2 atom stereocenters. The number of benzene rings is 1. The molecule has 0 saturated heterocycles. The van der Waals surface area contributed by atoms with Crippen molar-refractivity contribution in [1.29, 1.82) is 5.26 Å². The molecule has 1 aromatic carbocycles. The van der Waals surface area contributed by atoms with Crippen molar-refractivity contribution in [2.45, 2.75) is 59.6 Å². The standard InChI is InChI=1S/C27H32FN5O2/c1-16(2)24(17(3)12-23(34)35-27(4,5)6)32-26-21(28)14-19(15-29)25(33-26)31-20-9-10-22-18(13-20)8-7-11-30-22/h7-11,13-14,16-17,24H,12H2,1-6H3,(H2,31,32,33)/t17-,24-/m1/s1. The van der Waals surface area contributed by atoms with E-state index in [1.807, 2.05) is 77.9 Å². The molecular weight excluding hydrogens is 445 g/mol. The molecule has 0 unspecified atom stereocenters. The third-order valence-electron chi connectivity index (χ3n) is 5.51. The van der Waals surface area contributed by atoms with Crippen LogP contribution in [0.5, 0.6) is 0 Å². The molecule has 0 spiro atoms. The van der Waals surface area contributed by atoms with Crippen molar-refractivity contribution in [3.63, 3.8) is 0 Å². The van der Waals surface area contributed by atoms with Gasteiger partial charge in [0, 0.05) is 23.3 Å². The molecule has 0 amide bonds. The van der Waals surface area contributed by atoms with Crippen LogP contribution in [0, 0.1) is 29.0 Å². The van der Waals surface area contributed by atoms with Gasteiger partial charge in [0.1, 0.15) is 11.7 Å². The second kappa shape index (κ2) is 10.7. The first-order valence-corrected chi connectivity index (χ1v) is 11.7. The lowest BCUT2D eigenvalue weighted by Gasteiger charge is -2.30. The van der Waals surface area contributed by atoms with E-state index in [2.05, 4.69) is 20.6 Å². The van der Waals surface area contributed by atoms with Crippen molar-refractivity contribution in [2.75, 3.05) is 10.6 Å². The van der Waals surface area contributed by atoms with E-state index in [1.54, 1.807) is 6.20 Å². The summed E-state index contributed by atoms with van der Waals surface area (Å²) in [6, 6.07) is 12.3. The van der Waals surface area contributed by atoms with Crippen LogP contribution in [0.3, 0.4) is 0 Å². The molecule has 0 bridgehead atoms. The molecule has 3 aromatic rings. The minimum absolute atomic E-state index is 0.0173. The Hall–Kier alpha value is -3.73. The maximum atomic E-state index is 14.9. The molecule has 184 valence electrons. The van der Waals surface area contributed by atoms with Crippen LogP contribution in [0.15, 0.2) is 42.6 Å². The Morgan fingerprint density at radius 1 is 1.17 bits per heavy atom. The molecule has 0 fully saturated rings. The highest BCUT2D eigenvalue weighted by molar-refractivity contribution is 5.83. The van der Waals surface area contributed by atoms with Crippen LogP contribution in [0.1, 0.15) is 53.5 Å². The van der Waals surface area contributed by atoms with Crippen molar-refractivity contribution in [1.82, 2.24) is 9.97 Å². The smallest absolute Gasteiger partial charge is 0.306 e. The summed E-state index contributed by atoms with van der Waals surface area (Å²) in [5, 5.41) is 16.8. The number of nitrogens with one attached hydrogen (secondary N) is 2. The molecule has 8 heteroatoms. The lowest BCUT2D eigenvalue weighted by Crippen LogP contribution is -2.36. The maximum absolute atomic E-state index is 14.9. The first kappa shape index (κ1) is 25.9. The third-order valence-corrected chi connectivity index (χ3v) is 5.51. The number of carbonyl (C=O) groups is 1. The van der Waals surface area contributed by atoms with Crippen LogP contribution in [-0.4, -0.2) is 27.6 Å². The van der Waals surface area contributed by atoms with Gasteiger partial charge in [0.05, 0.1) is 17.5 Å². The fourth-order valence-electron chi connectivity index (χ4n) is 3.96. The van der Waals surface area contributed by atoms with Gasteiger partial charge in [-0.25, -0.2) is 9.37 Å². The molecule has 0 aliphatic heterocycles. The summed E-state index contributed by atoms with van der Waals surface area (Å²) >= 11 is 0. The minimum Gasteiger partial charge on any atom is -0.460 e. The van der Waals surface area contributed by atoms with Crippen LogP contribution >= 0.6 is 0 Å². The average molecular weight is 478 g/mol. The van der Waals surface area contributed by atoms with Gasteiger partial charge in [0.15, 0.2) is 17.5 Å². The number of halogens is 1. The number of rotatable bonds is 8. The van der Waals surface area contributed by atoms with E-state index in [9.17, 15) is 14.4 Å². The van der Waals surface area contributed by atoms with E-state index >= 15 is 0 Å². The average Bonchev–Trinajstić information content (AvgIpc) is 2.77. The van der Waals surface area contributed by atoms with Gasteiger partial charge in [0.2, 0.25) is 0 Å². The van der Waals surface area contributed by atoms with Gasteiger partial charge in [-0.1, -0.05) is 26.8 Å². The van der Waals surface area contributed by atoms with E-state index in [0.717, 1.165) is 17.0 Å². The minimum atomic E-state index is -0.634. The van der Waals surface area contributed by atoms with E-state index in [4.69, 9.17) is 4.74 Å². The summed E-state index contributed by atoms with van der Waals surface area (Å²) in [7, 11) is 0. The summed E-state index contributed by atoms with van der Waals surface area (Å²) in [6.07, 6.45) is 1.90. The Morgan fingerprint density at radius 2 is 1.91 bits per heavy atom. The van der Waals surface area contributed by atoms with E-state index < -0.39 is 11.4 Å². The Bertz CT molecular complexity index is 1250. The topological polar surface area (TPSA) is 99.9 Å². The highest BCUT2D eigenvalue weighted by Crippen LogP contribution is 2.28. The van der Waals surface area contributed by atoms with Crippen molar-refractivity contribution >= 4 is 34.2 Å². The number of hydrogen-bond donors (Lipinski definition) is 2. The maximum Gasteiger partial charge on any atom is 0.306 e. The Labute approximate surface area is 205 Å². The number of aromatic nitrogens is 2. The first-order chi connectivity index (χ1) is 16.5. The number of esters is 1. The Kier molecular flexibility index (Phi) is 7.90. The number of fused-ring (bicyclic) bond motifs is 1. The summed E-state index contributed by atoms with van der Waals surface area (Å²) < 4.78 is 20.4. The van der Waals surface area contributed by atoms with Crippen molar-refractivity contribution in [3.8, 4) is 6.07 Å². The molecular formula is C27H32FN5O2. The SMILES string of the molecule is CC(C)[C@@H](Nc1nc(Nc2ccc3ncccc3c2)c(C#N)cc1F)[C@H](C)CC(=O)OC(C)(C)C. The lowest BCUT2D eigenvalue weighted by molar-refractivity contribution is -0.156. The third kappa shape index (κ3) is 6.89. The van der Waals surface area contributed by atoms with Crippen molar-refractivity contribution < 1.29 is 13.9 Å². The van der Waals surface area contributed by atoms with E-state index in [-0.39, 0.29) is 47.5 Å². The number of nitriles is 1. The zero-order valence-electron chi connectivity index (χ0n) is 21.0. The van der Waals surface area contributed by atoms with Crippen LogP contribution in [-0.2, 0) is 9.53 Å². The number of hydrogen-bond acceptors (Lipinski definition) is 7. The van der Waals surface area contributed by atoms with Crippen LogP contribution in [0.25, 0.3) is 10.9 Å². The summed E-state index contributed by atoms with van der Waals surface area (Å²) in [6.45, 7) is 11.4. The number of nitrogens with zero attached hydrogens (tertiary/aromatic N) is 3.